The van der Waals surface area contributed by atoms with Gasteiger partial charge in [0.15, 0.2) is 0 Å². The number of rotatable bonds is 53. The second-order valence-corrected chi connectivity index (χ2v) is 21.0. The standard InChI is InChI=1S/C49H98N2O.C11H23NO/c1-4-7-10-13-16-19-20-21-22-23-24-25-28-31-36-44-50(48-41-40-42-48)45-37-34-29-30-35-43-49(52)51(46-38-32-26-17-14-11-8-5-2)47-39-33-27-18-15-12-9-6-3;1-2-3-4-5-6-7-8-9-10-12-11-13/h48H,4-47H2,1-3H3;11H,2-10H2,1H3,(H,12,13). The van der Waals surface area contributed by atoms with Crippen LogP contribution in [-0.4, -0.2) is 60.9 Å². The number of hydrogen-bond donors (Lipinski definition) is 1. The summed E-state index contributed by atoms with van der Waals surface area (Å²) in [6.07, 6.45) is 66.0. The van der Waals surface area contributed by atoms with Crippen molar-refractivity contribution in [1.29, 1.82) is 0 Å². The van der Waals surface area contributed by atoms with Gasteiger partial charge in [-0.05, 0) is 64.5 Å². The summed E-state index contributed by atoms with van der Waals surface area (Å²) in [5.74, 6) is 0.450. The minimum atomic E-state index is 0.450. The lowest BCUT2D eigenvalue weighted by atomic mass is 9.91. The van der Waals surface area contributed by atoms with E-state index in [2.05, 4.69) is 42.8 Å². The Hall–Kier alpha value is -1.10. The minimum absolute atomic E-state index is 0.450. The Morgan fingerprint density at radius 1 is 0.385 bits per heavy atom. The summed E-state index contributed by atoms with van der Waals surface area (Å²) in [7, 11) is 0. The van der Waals surface area contributed by atoms with Gasteiger partial charge in [-0.2, -0.15) is 0 Å². The summed E-state index contributed by atoms with van der Waals surface area (Å²) in [4.78, 5) is 28.3. The Morgan fingerprint density at radius 2 is 0.662 bits per heavy atom. The van der Waals surface area contributed by atoms with Gasteiger partial charge >= 0.3 is 0 Å². The van der Waals surface area contributed by atoms with Gasteiger partial charge < -0.3 is 15.1 Å². The van der Waals surface area contributed by atoms with Crippen LogP contribution in [0.2, 0.25) is 0 Å². The van der Waals surface area contributed by atoms with Crippen molar-refractivity contribution in [1.82, 2.24) is 15.1 Å². The summed E-state index contributed by atoms with van der Waals surface area (Å²) < 4.78 is 0. The molecule has 1 aliphatic carbocycles. The van der Waals surface area contributed by atoms with Gasteiger partial charge in [-0.15, -0.1) is 0 Å². The molecule has 0 heterocycles. The van der Waals surface area contributed by atoms with Crippen molar-refractivity contribution in [3.8, 4) is 0 Å². The van der Waals surface area contributed by atoms with Crippen LogP contribution >= 0.6 is 0 Å². The molecule has 5 heteroatoms. The van der Waals surface area contributed by atoms with Crippen LogP contribution in [0.15, 0.2) is 0 Å². The molecule has 65 heavy (non-hydrogen) atoms. The Kier molecular flexibility index (Phi) is 54.6. The van der Waals surface area contributed by atoms with Crippen molar-refractivity contribution >= 4 is 12.3 Å². The van der Waals surface area contributed by atoms with E-state index in [-0.39, 0.29) is 0 Å². The largest absolute Gasteiger partial charge is 0.359 e. The highest BCUT2D eigenvalue weighted by Gasteiger charge is 2.24. The first-order chi connectivity index (χ1) is 32.1. The average molecular weight is 917 g/mol. The third-order valence-electron chi connectivity index (χ3n) is 14.6. The van der Waals surface area contributed by atoms with Gasteiger partial charge in [0, 0.05) is 32.1 Å². The maximum atomic E-state index is 13.3. The highest BCUT2D eigenvalue weighted by Crippen LogP contribution is 2.26. The number of unbranched alkanes of at least 4 members (excludes halogenated alkanes) is 39. The zero-order chi connectivity index (χ0) is 47.2. The minimum Gasteiger partial charge on any atom is -0.359 e. The first kappa shape index (κ1) is 63.9. The van der Waals surface area contributed by atoms with E-state index in [0.29, 0.717) is 5.91 Å². The summed E-state index contributed by atoms with van der Waals surface area (Å²) in [5, 5.41) is 2.68. The summed E-state index contributed by atoms with van der Waals surface area (Å²) in [6, 6.07) is 0.886. The molecule has 388 valence electrons. The summed E-state index contributed by atoms with van der Waals surface area (Å²) >= 11 is 0. The molecule has 0 saturated heterocycles. The molecule has 0 unspecified atom stereocenters. The van der Waals surface area contributed by atoms with Gasteiger partial charge in [0.2, 0.25) is 12.3 Å². The highest BCUT2D eigenvalue weighted by molar-refractivity contribution is 5.76. The lowest BCUT2D eigenvalue weighted by Gasteiger charge is -2.37. The van der Waals surface area contributed by atoms with Crippen LogP contribution in [0.4, 0.5) is 0 Å². The third-order valence-corrected chi connectivity index (χ3v) is 14.6. The van der Waals surface area contributed by atoms with Gasteiger partial charge in [0.1, 0.15) is 0 Å². The first-order valence-electron chi connectivity index (χ1n) is 30.3. The predicted molar refractivity (Wildman–Crippen MR) is 290 cm³/mol. The van der Waals surface area contributed by atoms with Gasteiger partial charge in [0.25, 0.3) is 0 Å². The molecule has 2 amide bonds. The second kappa shape index (κ2) is 55.5. The third kappa shape index (κ3) is 47.7. The van der Waals surface area contributed by atoms with Gasteiger partial charge in [0.05, 0.1) is 0 Å². The van der Waals surface area contributed by atoms with Crippen LogP contribution < -0.4 is 5.32 Å². The molecular formula is C60H121N3O2. The molecule has 0 atom stereocenters. The second-order valence-electron chi connectivity index (χ2n) is 21.0. The van der Waals surface area contributed by atoms with Crippen LogP contribution in [-0.2, 0) is 9.59 Å². The quantitative estimate of drug-likeness (QED) is 0.0489. The van der Waals surface area contributed by atoms with E-state index < -0.39 is 0 Å². The number of carbonyl (C=O) groups is 2. The lowest BCUT2D eigenvalue weighted by molar-refractivity contribution is -0.131. The molecule has 1 aliphatic rings. The van der Waals surface area contributed by atoms with Gasteiger partial charge in [-0.25, -0.2) is 0 Å². The van der Waals surface area contributed by atoms with Crippen molar-refractivity contribution in [3.63, 3.8) is 0 Å². The summed E-state index contributed by atoms with van der Waals surface area (Å²) in [6.45, 7) is 14.6. The molecule has 0 spiro atoms. The monoisotopic (exact) mass is 916 g/mol. The Balaban J connectivity index is 0.00000271. The van der Waals surface area contributed by atoms with Crippen molar-refractivity contribution in [2.75, 3.05) is 32.7 Å². The highest BCUT2D eigenvalue weighted by atomic mass is 16.2. The number of amides is 2. The van der Waals surface area contributed by atoms with E-state index in [0.717, 1.165) is 51.3 Å². The van der Waals surface area contributed by atoms with E-state index in [4.69, 9.17) is 0 Å². The van der Waals surface area contributed by atoms with Crippen molar-refractivity contribution in [2.24, 2.45) is 0 Å². The fourth-order valence-electron chi connectivity index (χ4n) is 9.85. The lowest BCUT2D eigenvalue weighted by Crippen LogP contribution is -2.41. The molecule has 0 aromatic carbocycles. The number of hydrogen-bond acceptors (Lipinski definition) is 3. The topological polar surface area (TPSA) is 52.7 Å². The molecule has 0 aromatic heterocycles. The van der Waals surface area contributed by atoms with Crippen LogP contribution in [0.1, 0.15) is 336 Å². The average Bonchev–Trinajstić information content (AvgIpc) is 3.29. The molecule has 5 nitrogen and oxygen atoms in total. The smallest absolute Gasteiger partial charge is 0.222 e. The molecule has 1 saturated carbocycles. The molecular weight excluding hydrogens is 795 g/mol. The molecule has 0 bridgehead atoms. The molecule has 1 N–H and O–H groups in total. The van der Waals surface area contributed by atoms with Crippen LogP contribution in [0.3, 0.4) is 0 Å². The Morgan fingerprint density at radius 3 is 0.954 bits per heavy atom. The van der Waals surface area contributed by atoms with Crippen LogP contribution in [0, 0.1) is 0 Å². The van der Waals surface area contributed by atoms with Gasteiger partial charge in [-0.3, -0.25) is 9.59 Å². The predicted octanol–water partition coefficient (Wildman–Crippen LogP) is 19.0. The Bertz CT molecular complexity index is 889. The molecule has 1 fully saturated rings. The zero-order valence-electron chi connectivity index (χ0n) is 45.3. The molecule has 0 aliphatic heterocycles. The van der Waals surface area contributed by atoms with Crippen LogP contribution in [0.25, 0.3) is 0 Å². The normalized spacial score (nSPS) is 12.6. The first-order valence-corrected chi connectivity index (χ1v) is 30.3. The maximum Gasteiger partial charge on any atom is 0.222 e. The number of carbonyl (C=O) groups excluding carboxylic acids is 2. The molecule has 0 aromatic rings. The maximum absolute atomic E-state index is 13.3. The fraction of sp³-hybridized carbons (Fsp3) is 0.967. The van der Waals surface area contributed by atoms with Crippen molar-refractivity contribution < 1.29 is 9.59 Å². The van der Waals surface area contributed by atoms with E-state index in [1.54, 1.807) is 0 Å². The molecule has 0 radical (unpaired) electrons. The SMILES string of the molecule is CCCCCCCCCCCCCCCCCN(CCCCCCCC(=O)N(CCCCCCCCCC)CCCCCCCCCC)C1CCC1.CCCCCCCCCCNC=O. The number of nitrogens with zero attached hydrogens (tertiary/aromatic N) is 2. The van der Waals surface area contributed by atoms with E-state index in [1.807, 2.05) is 0 Å². The van der Waals surface area contributed by atoms with Crippen molar-refractivity contribution in [3.05, 3.63) is 0 Å². The molecule has 1 rings (SSSR count). The summed E-state index contributed by atoms with van der Waals surface area (Å²) in [5.41, 5.74) is 0. The van der Waals surface area contributed by atoms with Crippen molar-refractivity contribution in [2.45, 2.75) is 342 Å². The fourth-order valence-corrected chi connectivity index (χ4v) is 9.85. The van der Waals surface area contributed by atoms with E-state index >= 15 is 0 Å². The Labute approximate surface area is 410 Å². The van der Waals surface area contributed by atoms with E-state index in [1.165, 1.54) is 302 Å². The van der Waals surface area contributed by atoms with Crippen LogP contribution in [0.5, 0.6) is 0 Å². The zero-order valence-corrected chi connectivity index (χ0v) is 45.3. The number of nitrogens with one attached hydrogen (secondary N) is 1. The van der Waals surface area contributed by atoms with E-state index in [9.17, 15) is 9.59 Å². The van der Waals surface area contributed by atoms with Gasteiger partial charge in [-0.1, -0.05) is 278 Å².